The van der Waals surface area contributed by atoms with Crippen LogP contribution in [-0.4, -0.2) is 44.6 Å². The Morgan fingerprint density at radius 2 is 2.13 bits per heavy atom. The maximum atomic E-state index is 12.3. The van der Waals surface area contributed by atoms with Gasteiger partial charge in [-0.3, -0.25) is 4.79 Å². The third-order valence-electron chi connectivity index (χ3n) is 3.71. The molecule has 1 aliphatic rings. The number of piperidine rings is 1. The maximum absolute atomic E-state index is 12.3. The van der Waals surface area contributed by atoms with Crippen LogP contribution in [0.25, 0.3) is 0 Å². The highest BCUT2D eigenvalue weighted by atomic mass is 32.2. The van der Waals surface area contributed by atoms with Gasteiger partial charge in [-0.1, -0.05) is 12.7 Å². The van der Waals surface area contributed by atoms with E-state index in [9.17, 15) is 13.2 Å². The van der Waals surface area contributed by atoms with Crippen molar-refractivity contribution < 1.29 is 17.9 Å². The highest BCUT2D eigenvalue weighted by molar-refractivity contribution is 7.88. The number of benzene rings is 1. The minimum atomic E-state index is -3.25. The molecule has 126 valence electrons. The number of anilines is 1. The van der Waals surface area contributed by atoms with Crippen molar-refractivity contribution in [3.05, 3.63) is 36.9 Å². The summed E-state index contributed by atoms with van der Waals surface area (Å²) in [6.07, 6.45) is 4.22. The molecule has 0 bridgehead atoms. The zero-order valence-corrected chi connectivity index (χ0v) is 14.0. The van der Waals surface area contributed by atoms with Crippen molar-refractivity contribution in [3.8, 4) is 5.75 Å². The lowest BCUT2D eigenvalue weighted by Crippen LogP contribution is -2.43. The molecule has 0 radical (unpaired) electrons. The number of hydrogen-bond donors (Lipinski definition) is 1. The Hall–Kier alpha value is -1.86. The van der Waals surface area contributed by atoms with Gasteiger partial charge in [-0.25, -0.2) is 12.7 Å². The van der Waals surface area contributed by atoms with Crippen LogP contribution in [0.1, 0.15) is 12.8 Å². The fourth-order valence-electron chi connectivity index (χ4n) is 2.49. The van der Waals surface area contributed by atoms with Gasteiger partial charge >= 0.3 is 0 Å². The van der Waals surface area contributed by atoms with E-state index in [0.29, 0.717) is 37.4 Å². The molecule has 1 saturated heterocycles. The molecule has 0 aromatic heterocycles. The Balaban J connectivity index is 1.94. The summed E-state index contributed by atoms with van der Waals surface area (Å²) in [5.74, 6) is 0.220. The molecule has 0 aliphatic carbocycles. The average Bonchev–Trinajstić information content (AvgIpc) is 2.53. The molecule has 1 N–H and O–H groups in total. The molecule has 1 heterocycles. The molecule has 1 aromatic carbocycles. The number of ether oxygens (including phenoxy) is 1. The van der Waals surface area contributed by atoms with Gasteiger partial charge in [0, 0.05) is 18.8 Å². The predicted octanol–water partition coefficient (Wildman–Crippen LogP) is 1.86. The number of carbonyl (C=O) groups is 1. The van der Waals surface area contributed by atoms with Crippen LogP contribution in [0.3, 0.4) is 0 Å². The first-order valence-corrected chi connectivity index (χ1v) is 9.34. The summed E-state index contributed by atoms with van der Waals surface area (Å²) in [5.41, 5.74) is 0.664. The first kappa shape index (κ1) is 17.5. The molecule has 7 heteroatoms. The zero-order valence-electron chi connectivity index (χ0n) is 13.2. The Morgan fingerprint density at radius 1 is 1.43 bits per heavy atom. The summed E-state index contributed by atoms with van der Waals surface area (Å²) in [6, 6.07) is 7.05. The minimum Gasteiger partial charge on any atom is -0.490 e. The summed E-state index contributed by atoms with van der Waals surface area (Å²) < 4.78 is 30.0. The number of nitrogens with zero attached hydrogens (tertiary/aromatic N) is 1. The van der Waals surface area contributed by atoms with Crippen molar-refractivity contribution in [1.29, 1.82) is 0 Å². The predicted molar refractivity (Wildman–Crippen MR) is 89.9 cm³/mol. The van der Waals surface area contributed by atoms with E-state index >= 15 is 0 Å². The molecular weight excluding hydrogens is 316 g/mol. The molecule has 1 fully saturated rings. The molecule has 0 saturated carbocycles. The van der Waals surface area contributed by atoms with E-state index in [2.05, 4.69) is 11.9 Å². The van der Waals surface area contributed by atoms with Crippen LogP contribution in [0.2, 0.25) is 0 Å². The molecule has 1 amide bonds. The Morgan fingerprint density at radius 3 is 2.74 bits per heavy atom. The lowest BCUT2D eigenvalue weighted by atomic mass is 9.99. The van der Waals surface area contributed by atoms with Crippen LogP contribution in [0.15, 0.2) is 36.9 Å². The third kappa shape index (κ3) is 5.07. The smallest absolute Gasteiger partial charge is 0.228 e. The molecule has 2 rings (SSSR count). The van der Waals surface area contributed by atoms with E-state index in [1.54, 1.807) is 30.3 Å². The Bertz CT molecular complexity index is 655. The van der Waals surface area contributed by atoms with Gasteiger partial charge in [-0.2, -0.15) is 0 Å². The van der Waals surface area contributed by atoms with E-state index in [1.807, 2.05) is 0 Å². The van der Waals surface area contributed by atoms with Gasteiger partial charge in [0.2, 0.25) is 15.9 Å². The Labute approximate surface area is 137 Å². The van der Waals surface area contributed by atoms with Crippen LogP contribution in [0.5, 0.6) is 5.75 Å². The highest BCUT2D eigenvalue weighted by Crippen LogP contribution is 2.21. The van der Waals surface area contributed by atoms with E-state index in [0.717, 1.165) is 0 Å². The van der Waals surface area contributed by atoms with Gasteiger partial charge in [-0.05, 0) is 37.1 Å². The monoisotopic (exact) mass is 338 g/mol. The van der Waals surface area contributed by atoms with Gasteiger partial charge < -0.3 is 10.1 Å². The van der Waals surface area contributed by atoms with E-state index in [-0.39, 0.29) is 18.4 Å². The average molecular weight is 338 g/mol. The van der Waals surface area contributed by atoms with Crippen LogP contribution in [-0.2, 0) is 14.8 Å². The van der Waals surface area contributed by atoms with Crippen LogP contribution >= 0.6 is 0 Å². The van der Waals surface area contributed by atoms with Crippen molar-refractivity contribution in [1.82, 2.24) is 4.31 Å². The van der Waals surface area contributed by atoms with Crippen molar-refractivity contribution in [3.63, 3.8) is 0 Å². The number of nitrogens with one attached hydrogen (secondary N) is 1. The lowest BCUT2D eigenvalue weighted by Gasteiger charge is -2.30. The summed E-state index contributed by atoms with van der Waals surface area (Å²) in [5, 5.41) is 2.83. The summed E-state index contributed by atoms with van der Waals surface area (Å²) in [4.78, 5) is 12.3. The first-order chi connectivity index (χ1) is 10.9. The number of sulfonamides is 1. The van der Waals surface area contributed by atoms with E-state index in [4.69, 9.17) is 4.74 Å². The zero-order chi connectivity index (χ0) is 16.9. The fourth-order valence-corrected chi connectivity index (χ4v) is 3.40. The lowest BCUT2D eigenvalue weighted by molar-refractivity contribution is -0.120. The molecule has 23 heavy (non-hydrogen) atoms. The molecule has 6 nitrogen and oxygen atoms in total. The summed E-state index contributed by atoms with van der Waals surface area (Å²) in [6.45, 7) is 4.73. The second-order valence-corrected chi connectivity index (χ2v) is 7.56. The Kier molecular flexibility index (Phi) is 5.79. The van der Waals surface area contributed by atoms with Crippen molar-refractivity contribution in [2.75, 3.05) is 31.3 Å². The summed E-state index contributed by atoms with van der Waals surface area (Å²) >= 11 is 0. The van der Waals surface area contributed by atoms with Crippen molar-refractivity contribution >= 4 is 21.6 Å². The molecular formula is C16H22N2O4S. The van der Waals surface area contributed by atoms with Crippen LogP contribution < -0.4 is 10.1 Å². The number of rotatable bonds is 6. The number of carbonyl (C=O) groups excluding carboxylic acids is 1. The minimum absolute atomic E-state index is 0.155. The van der Waals surface area contributed by atoms with Gasteiger partial charge in [0.25, 0.3) is 0 Å². The quantitative estimate of drug-likeness (QED) is 0.803. The highest BCUT2D eigenvalue weighted by Gasteiger charge is 2.30. The van der Waals surface area contributed by atoms with Crippen LogP contribution in [0, 0.1) is 5.92 Å². The first-order valence-electron chi connectivity index (χ1n) is 7.50. The summed E-state index contributed by atoms with van der Waals surface area (Å²) in [7, 11) is -3.25. The van der Waals surface area contributed by atoms with Crippen molar-refractivity contribution in [2.24, 2.45) is 5.92 Å². The number of amides is 1. The van der Waals surface area contributed by atoms with Crippen molar-refractivity contribution in [2.45, 2.75) is 12.8 Å². The second kappa shape index (κ2) is 7.61. The number of hydrogen-bond acceptors (Lipinski definition) is 4. The SMILES string of the molecule is C=CCOc1ccc(NC(=O)[C@@H]2CCCN(S(C)(=O)=O)C2)cc1. The standard InChI is InChI=1S/C16H22N2O4S/c1-3-11-22-15-8-6-14(7-9-15)17-16(19)13-5-4-10-18(12-13)23(2,20)21/h3,6-9,13H,1,4-5,10-12H2,2H3,(H,17,19)/t13-/m1/s1. The van der Waals surface area contributed by atoms with Gasteiger partial charge in [0.1, 0.15) is 12.4 Å². The van der Waals surface area contributed by atoms with E-state index < -0.39 is 10.0 Å². The van der Waals surface area contributed by atoms with Crippen LogP contribution in [0.4, 0.5) is 5.69 Å². The normalized spacial score (nSPS) is 19.1. The maximum Gasteiger partial charge on any atom is 0.228 e. The third-order valence-corrected chi connectivity index (χ3v) is 4.98. The molecule has 0 spiro atoms. The van der Waals surface area contributed by atoms with Gasteiger partial charge in [-0.15, -0.1) is 0 Å². The molecule has 0 unspecified atom stereocenters. The molecule has 1 aromatic rings. The van der Waals surface area contributed by atoms with Gasteiger partial charge in [0.15, 0.2) is 0 Å². The second-order valence-electron chi connectivity index (χ2n) is 5.57. The molecule has 1 aliphatic heterocycles. The van der Waals surface area contributed by atoms with Gasteiger partial charge in [0.05, 0.1) is 12.2 Å². The topological polar surface area (TPSA) is 75.7 Å². The fraction of sp³-hybridized carbons (Fsp3) is 0.438. The van der Waals surface area contributed by atoms with E-state index in [1.165, 1.54) is 10.6 Å². The molecule has 1 atom stereocenters. The largest absolute Gasteiger partial charge is 0.490 e.